The number of carbonyl (C=O) groups is 1. The number of anilines is 1. The fraction of sp³-hybridized carbons (Fsp3) is 0.208. The van der Waals surface area contributed by atoms with E-state index in [1.807, 2.05) is 55.5 Å². The summed E-state index contributed by atoms with van der Waals surface area (Å²) in [6.45, 7) is 6.70. The normalized spacial score (nSPS) is 13.4. The third-order valence-corrected chi connectivity index (χ3v) is 5.56. The highest BCUT2D eigenvalue weighted by molar-refractivity contribution is 5.98. The lowest BCUT2D eigenvalue weighted by atomic mass is 10.2. The van der Waals surface area contributed by atoms with E-state index in [1.165, 1.54) is 0 Å². The molecule has 0 aliphatic carbocycles. The van der Waals surface area contributed by atoms with Crippen LogP contribution in [0.15, 0.2) is 61.1 Å². The van der Waals surface area contributed by atoms with Gasteiger partial charge in [0.15, 0.2) is 0 Å². The van der Waals surface area contributed by atoms with E-state index >= 15 is 0 Å². The molecule has 4 aromatic rings. The molecule has 0 bridgehead atoms. The van der Waals surface area contributed by atoms with E-state index in [1.54, 1.807) is 17.1 Å². The lowest BCUT2D eigenvalue weighted by Crippen LogP contribution is -2.18. The lowest BCUT2D eigenvalue weighted by Gasteiger charge is -2.11. The van der Waals surface area contributed by atoms with E-state index in [2.05, 4.69) is 27.1 Å². The molecule has 1 aliphatic rings. The van der Waals surface area contributed by atoms with Crippen molar-refractivity contribution in [3.05, 3.63) is 77.9 Å². The summed E-state index contributed by atoms with van der Waals surface area (Å²) in [6.07, 6.45) is 3.32. The molecule has 2 aromatic carbocycles. The van der Waals surface area contributed by atoms with Crippen molar-refractivity contribution >= 4 is 22.6 Å². The number of ether oxygens (including phenoxy) is 1. The van der Waals surface area contributed by atoms with Gasteiger partial charge in [0.25, 0.3) is 0 Å². The van der Waals surface area contributed by atoms with Crippen molar-refractivity contribution in [2.45, 2.75) is 26.9 Å². The van der Waals surface area contributed by atoms with Gasteiger partial charge in [-0.1, -0.05) is 19.1 Å². The molecule has 3 heterocycles. The van der Waals surface area contributed by atoms with Crippen LogP contribution in [0, 0.1) is 6.92 Å². The fourth-order valence-corrected chi connectivity index (χ4v) is 3.91. The van der Waals surface area contributed by atoms with E-state index in [0.29, 0.717) is 11.6 Å². The van der Waals surface area contributed by atoms with Crippen LogP contribution >= 0.6 is 0 Å². The number of carbonyl (C=O) groups excluding carboxylic acids is 1. The van der Waals surface area contributed by atoms with Gasteiger partial charge in [-0.05, 0) is 55.4 Å². The Morgan fingerprint density at radius 2 is 2.03 bits per heavy atom. The summed E-state index contributed by atoms with van der Waals surface area (Å²) in [5, 5.41) is 3.86. The van der Waals surface area contributed by atoms with Crippen molar-refractivity contribution in [2.75, 3.05) is 11.9 Å². The molecule has 0 radical (unpaired) electrons. The molecule has 0 atom stereocenters. The molecule has 31 heavy (non-hydrogen) atoms. The SMILES string of the molecule is CCN1Cc2ncnc(Oc3ccc4c(ccn4C(=O)Nc4cccc(C)c4)c3)c2C1. The summed E-state index contributed by atoms with van der Waals surface area (Å²) in [5.41, 5.74) is 4.73. The summed E-state index contributed by atoms with van der Waals surface area (Å²) in [5.74, 6) is 1.28. The van der Waals surface area contributed by atoms with Crippen LogP contribution in [-0.2, 0) is 13.1 Å². The Labute approximate surface area is 180 Å². The molecule has 5 rings (SSSR count). The first-order valence-corrected chi connectivity index (χ1v) is 10.3. The number of aryl methyl sites for hydroxylation is 1. The number of benzene rings is 2. The largest absolute Gasteiger partial charge is 0.439 e. The molecule has 156 valence electrons. The Kier molecular flexibility index (Phi) is 4.88. The van der Waals surface area contributed by atoms with E-state index in [0.717, 1.165) is 53.0 Å². The van der Waals surface area contributed by atoms with Crippen LogP contribution in [0.2, 0.25) is 0 Å². The predicted octanol–water partition coefficient (Wildman–Crippen LogP) is 4.95. The smallest absolute Gasteiger partial charge is 0.330 e. The van der Waals surface area contributed by atoms with Crippen LogP contribution in [0.4, 0.5) is 10.5 Å². The zero-order valence-electron chi connectivity index (χ0n) is 17.5. The summed E-state index contributed by atoms with van der Waals surface area (Å²) >= 11 is 0. The average molecular weight is 413 g/mol. The van der Waals surface area contributed by atoms with Crippen LogP contribution in [0.3, 0.4) is 0 Å². The molecule has 0 fully saturated rings. The van der Waals surface area contributed by atoms with E-state index in [4.69, 9.17) is 4.74 Å². The fourth-order valence-electron chi connectivity index (χ4n) is 3.91. The van der Waals surface area contributed by atoms with Crippen molar-refractivity contribution in [3.8, 4) is 11.6 Å². The molecule has 0 saturated heterocycles. The number of aromatic nitrogens is 3. The topological polar surface area (TPSA) is 72.3 Å². The minimum atomic E-state index is -0.206. The molecule has 1 amide bonds. The van der Waals surface area contributed by atoms with Crippen molar-refractivity contribution in [3.63, 3.8) is 0 Å². The first-order chi connectivity index (χ1) is 15.1. The van der Waals surface area contributed by atoms with Gasteiger partial charge in [-0.25, -0.2) is 14.8 Å². The van der Waals surface area contributed by atoms with Gasteiger partial charge < -0.3 is 10.1 Å². The van der Waals surface area contributed by atoms with Gasteiger partial charge in [-0.15, -0.1) is 0 Å². The highest BCUT2D eigenvalue weighted by atomic mass is 16.5. The Balaban J connectivity index is 1.38. The average Bonchev–Trinajstić information content (AvgIpc) is 3.38. The number of amides is 1. The van der Waals surface area contributed by atoms with Crippen LogP contribution in [0.25, 0.3) is 10.9 Å². The van der Waals surface area contributed by atoms with Crippen molar-refractivity contribution in [2.24, 2.45) is 0 Å². The maximum atomic E-state index is 12.8. The molecule has 1 aliphatic heterocycles. The molecule has 7 nitrogen and oxygen atoms in total. The molecule has 7 heteroatoms. The third-order valence-electron chi connectivity index (χ3n) is 5.56. The Morgan fingerprint density at radius 3 is 2.87 bits per heavy atom. The second kappa shape index (κ2) is 7.85. The second-order valence-electron chi connectivity index (χ2n) is 7.72. The number of nitrogens with zero attached hydrogens (tertiary/aromatic N) is 4. The van der Waals surface area contributed by atoms with Gasteiger partial charge in [-0.2, -0.15) is 0 Å². The number of nitrogens with one attached hydrogen (secondary N) is 1. The number of hydrogen-bond acceptors (Lipinski definition) is 5. The third kappa shape index (κ3) is 3.75. The standard InChI is InChI=1S/C24H23N5O2/c1-3-28-13-20-21(14-28)25-15-26-23(20)31-19-7-8-22-17(12-19)9-10-29(22)24(30)27-18-6-4-5-16(2)11-18/h4-12,15H,3,13-14H2,1-2H3,(H,27,30). The first kappa shape index (κ1) is 19.3. The highest BCUT2D eigenvalue weighted by Gasteiger charge is 2.24. The molecular formula is C24H23N5O2. The van der Waals surface area contributed by atoms with Crippen LogP contribution in [0.1, 0.15) is 23.7 Å². The van der Waals surface area contributed by atoms with E-state index < -0.39 is 0 Å². The van der Waals surface area contributed by atoms with Gasteiger partial charge in [-0.3, -0.25) is 9.47 Å². The molecule has 2 aromatic heterocycles. The Morgan fingerprint density at radius 1 is 1.13 bits per heavy atom. The first-order valence-electron chi connectivity index (χ1n) is 10.3. The maximum absolute atomic E-state index is 12.8. The number of rotatable bonds is 4. The lowest BCUT2D eigenvalue weighted by molar-refractivity contribution is 0.254. The van der Waals surface area contributed by atoms with Gasteiger partial charge >= 0.3 is 6.03 Å². The van der Waals surface area contributed by atoms with Gasteiger partial charge in [0, 0.05) is 30.4 Å². The summed E-state index contributed by atoms with van der Waals surface area (Å²) in [6, 6.07) is 15.1. The second-order valence-corrected chi connectivity index (χ2v) is 7.72. The Hall–Kier alpha value is -3.71. The molecular weight excluding hydrogens is 390 g/mol. The molecule has 0 spiro atoms. The summed E-state index contributed by atoms with van der Waals surface area (Å²) < 4.78 is 7.71. The molecule has 0 saturated carbocycles. The van der Waals surface area contributed by atoms with Gasteiger partial charge in [0.05, 0.1) is 16.8 Å². The van der Waals surface area contributed by atoms with Crippen LogP contribution in [-0.4, -0.2) is 32.0 Å². The zero-order chi connectivity index (χ0) is 21.4. The predicted molar refractivity (Wildman–Crippen MR) is 119 cm³/mol. The summed E-state index contributed by atoms with van der Waals surface area (Å²) in [7, 11) is 0. The summed E-state index contributed by atoms with van der Waals surface area (Å²) in [4.78, 5) is 23.8. The van der Waals surface area contributed by atoms with Crippen molar-refractivity contribution in [1.82, 2.24) is 19.4 Å². The highest BCUT2D eigenvalue weighted by Crippen LogP contribution is 2.32. The van der Waals surface area contributed by atoms with Gasteiger partial charge in [0.2, 0.25) is 5.88 Å². The van der Waals surface area contributed by atoms with Crippen molar-refractivity contribution in [1.29, 1.82) is 0 Å². The van der Waals surface area contributed by atoms with Crippen LogP contribution < -0.4 is 10.1 Å². The monoisotopic (exact) mass is 413 g/mol. The maximum Gasteiger partial charge on any atom is 0.330 e. The van der Waals surface area contributed by atoms with E-state index in [-0.39, 0.29) is 6.03 Å². The number of fused-ring (bicyclic) bond motifs is 2. The molecule has 0 unspecified atom stereocenters. The zero-order valence-corrected chi connectivity index (χ0v) is 17.5. The minimum absolute atomic E-state index is 0.206. The van der Waals surface area contributed by atoms with Crippen LogP contribution in [0.5, 0.6) is 11.6 Å². The minimum Gasteiger partial charge on any atom is -0.439 e. The van der Waals surface area contributed by atoms with Gasteiger partial charge in [0.1, 0.15) is 12.1 Å². The molecule has 1 N–H and O–H groups in total. The quantitative estimate of drug-likeness (QED) is 0.513. The van der Waals surface area contributed by atoms with Crippen molar-refractivity contribution < 1.29 is 9.53 Å². The van der Waals surface area contributed by atoms with E-state index in [9.17, 15) is 4.79 Å². The Bertz CT molecular complexity index is 1280. The number of hydrogen-bond donors (Lipinski definition) is 1.